The lowest BCUT2D eigenvalue weighted by Crippen LogP contribution is -2.16. The van der Waals surface area contributed by atoms with Gasteiger partial charge in [-0.25, -0.2) is 13.4 Å². The molecule has 4 rings (SSSR count). The monoisotopic (exact) mass is 381 g/mol. The minimum Gasteiger partial charge on any atom is -0.324 e. The zero-order valence-electron chi connectivity index (χ0n) is 15.1. The lowest BCUT2D eigenvalue weighted by atomic mass is 10.1. The summed E-state index contributed by atoms with van der Waals surface area (Å²) in [5.74, 6) is 0.318. The number of carbonyl (C=O) groups excluding carboxylic acids is 1. The Morgan fingerprint density at radius 1 is 1.07 bits per heavy atom. The summed E-state index contributed by atoms with van der Waals surface area (Å²) in [5.41, 5.74) is 3.34. The first-order valence-corrected chi connectivity index (χ1v) is 10.7. The number of aryl methyl sites for hydroxylation is 1. The fraction of sp³-hybridized carbons (Fsp3) is 0.200. The van der Waals surface area contributed by atoms with Crippen LogP contribution >= 0.6 is 0 Å². The molecule has 1 N–H and O–H groups in total. The Morgan fingerprint density at radius 3 is 2.48 bits per heavy atom. The van der Waals surface area contributed by atoms with Crippen LogP contribution in [0.15, 0.2) is 48.5 Å². The molecule has 2 aromatic heterocycles. The maximum absolute atomic E-state index is 12.5. The number of nitrogens with zero attached hydrogens (tertiary/aromatic N) is 2. The van der Waals surface area contributed by atoms with E-state index in [1.165, 1.54) is 0 Å². The third kappa shape index (κ3) is 3.14. The minimum absolute atomic E-state index is 0.0769. The highest BCUT2D eigenvalue weighted by atomic mass is 32.2. The summed E-state index contributed by atoms with van der Waals surface area (Å²) in [6.45, 7) is 1.93. The van der Waals surface area contributed by atoms with Gasteiger partial charge >= 0.3 is 0 Å². The molecule has 0 aliphatic carbocycles. The van der Waals surface area contributed by atoms with Gasteiger partial charge in [0.25, 0.3) is 0 Å². The first-order chi connectivity index (χ1) is 12.8. The lowest BCUT2D eigenvalue weighted by molar-refractivity contribution is -0.115. The molecule has 0 saturated carbocycles. The van der Waals surface area contributed by atoms with Crippen LogP contribution in [0.5, 0.6) is 0 Å². The first-order valence-electron chi connectivity index (χ1n) is 8.61. The fourth-order valence-electron chi connectivity index (χ4n) is 3.43. The van der Waals surface area contributed by atoms with Crippen molar-refractivity contribution in [3.8, 4) is 0 Å². The highest BCUT2D eigenvalue weighted by Gasteiger charge is 2.19. The number of anilines is 1. The zero-order chi connectivity index (χ0) is 19.2. The Labute approximate surface area is 156 Å². The van der Waals surface area contributed by atoms with Gasteiger partial charge in [0.1, 0.15) is 15.7 Å². The molecule has 2 aromatic carbocycles. The molecule has 6 nitrogen and oxygen atoms in total. The van der Waals surface area contributed by atoms with Gasteiger partial charge < -0.3 is 5.32 Å². The summed E-state index contributed by atoms with van der Waals surface area (Å²) < 4.78 is 24.8. The van der Waals surface area contributed by atoms with Crippen LogP contribution in [0.3, 0.4) is 0 Å². The molecule has 0 radical (unpaired) electrons. The quantitative estimate of drug-likeness (QED) is 0.588. The van der Waals surface area contributed by atoms with Crippen LogP contribution in [0.25, 0.3) is 27.3 Å². The number of hydrogen-bond donors (Lipinski definition) is 1. The average Bonchev–Trinajstić information content (AvgIpc) is 2.95. The number of carbonyl (C=O) groups is 1. The van der Waals surface area contributed by atoms with Crippen LogP contribution in [-0.2, 0) is 14.6 Å². The maximum Gasteiger partial charge on any atom is 0.225 e. The summed E-state index contributed by atoms with van der Waals surface area (Å²) in [6, 6.07) is 15.6. The van der Waals surface area contributed by atoms with Crippen molar-refractivity contribution in [3.05, 3.63) is 54.4 Å². The molecule has 0 spiro atoms. The predicted octanol–water partition coefficient (Wildman–Crippen LogP) is 3.32. The summed E-state index contributed by atoms with van der Waals surface area (Å²) in [6.07, 6.45) is 1.05. The molecule has 138 valence electrons. The van der Waals surface area contributed by atoms with Gasteiger partial charge in [-0.2, -0.15) is 0 Å². The second-order valence-corrected chi connectivity index (χ2v) is 8.94. The Kier molecular flexibility index (Phi) is 4.11. The molecule has 7 heteroatoms. The molecule has 27 heavy (non-hydrogen) atoms. The van der Waals surface area contributed by atoms with E-state index in [9.17, 15) is 13.2 Å². The van der Waals surface area contributed by atoms with Crippen molar-refractivity contribution in [2.45, 2.75) is 13.3 Å². The number of rotatable bonds is 4. The van der Waals surface area contributed by atoms with E-state index in [0.29, 0.717) is 5.69 Å². The van der Waals surface area contributed by atoms with Gasteiger partial charge in [-0.05, 0) is 19.1 Å². The van der Waals surface area contributed by atoms with E-state index in [2.05, 4.69) is 10.3 Å². The fourth-order valence-corrected chi connectivity index (χ4v) is 3.99. The topological polar surface area (TPSA) is 80.5 Å². The van der Waals surface area contributed by atoms with Crippen LogP contribution in [0.2, 0.25) is 0 Å². The molecular formula is C20H19N3O3S. The summed E-state index contributed by atoms with van der Waals surface area (Å²) >= 11 is 0. The molecule has 0 aliphatic rings. The van der Waals surface area contributed by atoms with Crippen molar-refractivity contribution in [1.82, 2.24) is 9.38 Å². The summed E-state index contributed by atoms with van der Waals surface area (Å²) in [4.78, 5) is 17.2. The molecular weight excluding hydrogens is 362 g/mol. The van der Waals surface area contributed by atoms with Gasteiger partial charge in [0.2, 0.25) is 5.91 Å². The van der Waals surface area contributed by atoms with Crippen molar-refractivity contribution >= 4 is 48.8 Å². The molecule has 0 aliphatic heterocycles. The van der Waals surface area contributed by atoms with E-state index < -0.39 is 9.84 Å². The second kappa shape index (κ2) is 6.35. The van der Waals surface area contributed by atoms with Gasteiger partial charge in [-0.15, -0.1) is 0 Å². The van der Waals surface area contributed by atoms with Crippen LogP contribution in [-0.4, -0.2) is 35.7 Å². The highest BCUT2D eigenvalue weighted by molar-refractivity contribution is 7.90. The van der Waals surface area contributed by atoms with Gasteiger partial charge in [0, 0.05) is 23.4 Å². The lowest BCUT2D eigenvalue weighted by Gasteiger charge is -2.09. The van der Waals surface area contributed by atoms with E-state index >= 15 is 0 Å². The van der Waals surface area contributed by atoms with Crippen molar-refractivity contribution < 1.29 is 13.2 Å². The number of hydrogen-bond acceptors (Lipinski definition) is 4. The number of aromatic nitrogens is 2. The smallest absolute Gasteiger partial charge is 0.225 e. The molecule has 0 saturated heterocycles. The van der Waals surface area contributed by atoms with E-state index in [4.69, 9.17) is 0 Å². The molecule has 4 aromatic rings. The predicted molar refractivity (Wildman–Crippen MR) is 108 cm³/mol. The molecule has 0 unspecified atom stereocenters. The van der Waals surface area contributed by atoms with Crippen LogP contribution in [0, 0.1) is 6.92 Å². The maximum atomic E-state index is 12.5. The second-order valence-electron chi connectivity index (χ2n) is 6.68. The number of fused-ring (bicyclic) bond motifs is 5. The number of sulfone groups is 1. The molecule has 1 amide bonds. The van der Waals surface area contributed by atoms with E-state index in [0.717, 1.165) is 39.4 Å². The van der Waals surface area contributed by atoms with Crippen molar-refractivity contribution in [1.29, 1.82) is 0 Å². The average molecular weight is 381 g/mol. The van der Waals surface area contributed by atoms with Gasteiger partial charge in [0.15, 0.2) is 0 Å². The first kappa shape index (κ1) is 17.5. The Morgan fingerprint density at radius 2 is 1.74 bits per heavy atom. The van der Waals surface area contributed by atoms with Gasteiger partial charge in [0.05, 0.1) is 28.0 Å². The van der Waals surface area contributed by atoms with Crippen molar-refractivity contribution in [2.24, 2.45) is 0 Å². The molecule has 0 fully saturated rings. The highest BCUT2D eigenvalue weighted by Crippen LogP contribution is 2.36. The number of benzene rings is 2. The minimum atomic E-state index is -3.20. The van der Waals surface area contributed by atoms with Crippen LogP contribution in [0.4, 0.5) is 5.69 Å². The van der Waals surface area contributed by atoms with E-state index in [-0.39, 0.29) is 18.1 Å². The van der Waals surface area contributed by atoms with Crippen molar-refractivity contribution in [2.75, 3.05) is 17.3 Å². The number of para-hydroxylation sites is 2. The Hall–Kier alpha value is -2.93. The van der Waals surface area contributed by atoms with Crippen LogP contribution in [0.1, 0.15) is 12.2 Å². The largest absolute Gasteiger partial charge is 0.324 e. The van der Waals surface area contributed by atoms with Crippen LogP contribution < -0.4 is 5.32 Å². The van der Waals surface area contributed by atoms with Gasteiger partial charge in [-0.1, -0.05) is 36.4 Å². The molecule has 0 atom stereocenters. The van der Waals surface area contributed by atoms with Crippen molar-refractivity contribution in [3.63, 3.8) is 0 Å². The molecule has 2 heterocycles. The Bertz CT molecular complexity index is 1310. The molecule has 0 bridgehead atoms. The SMILES string of the molecule is Cc1nc2ccccc2c2c(NC(=O)CCS(C)(=O)=O)c3ccccc3n12. The third-order valence-corrected chi connectivity index (χ3v) is 5.55. The Balaban J connectivity index is 1.96. The summed E-state index contributed by atoms with van der Waals surface area (Å²) in [5, 5.41) is 4.77. The van der Waals surface area contributed by atoms with E-state index in [1.54, 1.807) is 0 Å². The summed E-state index contributed by atoms with van der Waals surface area (Å²) in [7, 11) is -3.20. The number of amides is 1. The number of nitrogens with one attached hydrogen (secondary N) is 1. The van der Waals surface area contributed by atoms with E-state index in [1.807, 2.05) is 59.9 Å². The zero-order valence-corrected chi connectivity index (χ0v) is 15.9. The third-order valence-electron chi connectivity index (χ3n) is 4.60. The normalized spacial score (nSPS) is 12.1. The van der Waals surface area contributed by atoms with Gasteiger partial charge in [-0.3, -0.25) is 9.20 Å². The standard InChI is InChI=1S/C20H19N3O3S/c1-13-21-16-9-5-3-7-14(16)20-19(22-18(24)11-12-27(2,25)26)15-8-4-6-10-17(15)23(13)20/h3-10H,11-12H2,1-2H3,(H,22,24).